The maximum Gasteiger partial charge on any atom is 0.258 e. The third-order valence-corrected chi connectivity index (χ3v) is 4.42. The number of aryl methyl sites for hydroxylation is 1. The fourth-order valence-electron chi connectivity index (χ4n) is 2.93. The first-order valence-corrected chi connectivity index (χ1v) is 7.75. The number of hydrogen-bond donors (Lipinski definition) is 2. The Balaban J connectivity index is 1.74. The van der Waals surface area contributed by atoms with Gasteiger partial charge in [0, 0.05) is 24.7 Å². The van der Waals surface area contributed by atoms with Crippen molar-refractivity contribution in [2.75, 3.05) is 13.1 Å². The molecule has 0 saturated carbocycles. The van der Waals surface area contributed by atoms with Gasteiger partial charge < -0.3 is 10.0 Å². The van der Waals surface area contributed by atoms with Crippen molar-refractivity contribution in [3.8, 4) is 0 Å². The number of hydrogen-bond acceptors (Lipinski definition) is 3. The quantitative estimate of drug-likeness (QED) is 0.902. The topological polar surface area (TPSA) is 69.2 Å². The summed E-state index contributed by atoms with van der Waals surface area (Å²) < 4.78 is 13.9. The number of halogens is 2. The number of likely N-dealkylation sites (tertiary alicyclic amines) is 1. The zero-order chi connectivity index (χ0) is 16.6. The van der Waals surface area contributed by atoms with Gasteiger partial charge >= 0.3 is 0 Å². The van der Waals surface area contributed by atoms with E-state index in [1.165, 1.54) is 23.1 Å². The number of nitrogens with zero attached hydrogens (tertiary/aromatic N) is 2. The molecule has 1 aromatic carbocycles. The number of H-pyrrole nitrogens is 1. The molecule has 7 heteroatoms. The zero-order valence-corrected chi connectivity index (χ0v) is 13.3. The number of aliphatic hydroxyl groups excluding tert-OH is 1. The molecule has 1 aliphatic heterocycles. The van der Waals surface area contributed by atoms with Gasteiger partial charge in [0.2, 0.25) is 0 Å². The van der Waals surface area contributed by atoms with E-state index in [0.717, 1.165) is 11.4 Å². The SMILES string of the molecule is Cc1cc(C[C@@H]2CN(C(=O)c3c(F)cccc3Cl)C[C@H]2O)n[nH]1. The minimum absolute atomic E-state index is 0.0795. The summed E-state index contributed by atoms with van der Waals surface area (Å²) in [7, 11) is 0. The molecule has 1 amide bonds. The van der Waals surface area contributed by atoms with Gasteiger partial charge in [-0.3, -0.25) is 9.89 Å². The number of carbonyl (C=O) groups is 1. The summed E-state index contributed by atoms with van der Waals surface area (Å²) in [5.41, 5.74) is 1.64. The minimum atomic E-state index is -0.665. The Kier molecular flexibility index (Phi) is 4.37. The first-order chi connectivity index (χ1) is 11.0. The largest absolute Gasteiger partial charge is 0.391 e. The molecule has 5 nitrogen and oxygen atoms in total. The molecule has 23 heavy (non-hydrogen) atoms. The molecule has 0 aliphatic carbocycles. The second-order valence-corrected chi connectivity index (χ2v) is 6.29. The molecule has 0 unspecified atom stereocenters. The predicted octanol–water partition coefficient (Wildman–Crippen LogP) is 2.19. The van der Waals surface area contributed by atoms with Crippen molar-refractivity contribution in [3.63, 3.8) is 0 Å². The van der Waals surface area contributed by atoms with Crippen LogP contribution < -0.4 is 0 Å². The Bertz CT molecular complexity index is 714. The number of β-amino-alcohol motifs (C(OH)–C–C–N with tert-alkyl or cyclic N) is 1. The van der Waals surface area contributed by atoms with Crippen LogP contribution in [0.3, 0.4) is 0 Å². The second-order valence-electron chi connectivity index (χ2n) is 5.88. The molecular weight excluding hydrogens is 321 g/mol. The van der Waals surface area contributed by atoms with Crippen LogP contribution in [-0.4, -0.2) is 45.3 Å². The third kappa shape index (κ3) is 3.23. The predicted molar refractivity (Wildman–Crippen MR) is 83.8 cm³/mol. The number of aromatic amines is 1. The van der Waals surface area contributed by atoms with E-state index in [9.17, 15) is 14.3 Å². The summed E-state index contributed by atoms with van der Waals surface area (Å²) in [6, 6.07) is 6.05. The highest BCUT2D eigenvalue weighted by Crippen LogP contribution is 2.26. The van der Waals surface area contributed by atoms with E-state index in [2.05, 4.69) is 10.2 Å². The average molecular weight is 338 g/mol. The maximum atomic E-state index is 13.9. The molecule has 1 aliphatic rings. The molecule has 122 valence electrons. The Morgan fingerprint density at radius 2 is 2.30 bits per heavy atom. The molecule has 1 aromatic heterocycles. The van der Waals surface area contributed by atoms with Crippen LogP contribution in [0, 0.1) is 18.7 Å². The van der Waals surface area contributed by atoms with Crippen molar-refractivity contribution in [1.82, 2.24) is 15.1 Å². The molecular formula is C16H17ClFN3O2. The normalized spacial score (nSPS) is 21.0. The molecule has 1 fully saturated rings. The van der Waals surface area contributed by atoms with Gasteiger partial charge in [-0.1, -0.05) is 17.7 Å². The standard InChI is InChI=1S/C16H17ClFN3O2/c1-9-5-11(20-19-9)6-10-7-21(8-14(10)22)16(23)15-12(17)3-2-4-13(15)18/h2-5,10,14,22H,6-8H2,1H3,(H,19,20)/t10-,14-/m1/s1. The fourth-order valence-corrected chi connectivity index (χ4v) is 3.17. The number of rotatable bonds is 3. The van der Waals surface area contributed by atoms with Gasteiger partial charge in [0.15, 0.2) is 0 Å². The van der Waals surface area contributed by atoms with Crippen LogP contribution in [0.15, 0.2) is 24.3 Å². The van der Waals surface area contributed by atoms with Gasteiger partial charge in [-0.2, -0.15) is 5.10 Å². The van der Waals surface area contributed by atoms with E-state index < -0.39 is 17.8 Å². The molecule has 0 bridgehead atoms. The van der Waals surface area contributed by atoms with Crippen LogP contribution in [0.5, 0.6) is 0 Å². The van der Waals surface area contributed by atoms with E-state index in [0.29, 0.717) is 13.0 Å². The van der Waals surface area contributed by atoms with Gasteiger partial charge in [0.05, 0.1) is 22.4 Å². The van der Waals surface area contributed by atoms with Crippen LogP contribution in [0.1, 0.15) is 21.7 Å². The van der Waals surface area contributed by atoms with E-state index in [1.807, 2.05) is 13.0 Å². The number of carbonyl (C=O) groups excluding carboxylic acids is 1. The Labute approximate surface area is 138 Å². The highest BCUT2D eigenvalue weighted by molar-refractivity contribution is 6.33. The molecule has 2 aromatic rings. The van der Waals surface area contributed by atoms with Crippen molar-refractivity contribution >= 4 is 17.5 Å². The van der Waals surface area contributed by atoms with Crippen molar-refractivity contribution in [2.45, 2.75) is 19.4 Å². The number of aliphatic hydroxyl groups is 1. The molecule has 2 heterocycles. The van der Waals surface area contributed by atoms with Crippen molar-refractivity contribution in [2.24, 2.45) is 5.92 Å². The smallest absolute Gasteiger partial charge is 0.258 e. The summed E-state index contributed by atoms with van der Waals surface area (Å²) in [6.07, 6.45) is -0.109. The Hall–Kier alpha value is -1.92. The highest BCUT2D eigenvalue weighted by atomic mass is 35.5. The molecule has 1 saturated heterocycles. The monoisotopic (exact) mass is 337 g/mol. The average Bonchev–Trinajstić information content (AvgIpc) is 3.06. The summed E-state index contributed by atoms with van der Waals surface area (Å²) in [4.78, 5) is 13.9. The molecule has 0 spiro atoms. The van der Waals surface area contributed by atoms with Crippen molar-refractivity contribution in [1.29, 1.82) is 0 Å². The number of benzene rings is 1. The fraction of sp³-hybridized carbons (Fsp3) is 0.375. The van der Waals surface area contributed by atoms with Gasteiger partial charge in [-0.15, -0.1) is 0 Å². The van der Waals surface area contributed by atoms with Gasteiger partial charge in [0.25, 0.3) is 5.91 Å². The van der Waals surface area contributed by atoms with Crippen molar-refractivity contribution < 1.29 is 14.3 Å². The lowest BCUT2D eigenvalue weighted by molar-refractivity contribution is 0.0760. The number of amides is 1. The zero-order valence-electron chi connectivity index (χ0n) is 12.6. The summed E-state index contributed by atoms with van der Waals surface area (Å²) >= 11 is 5.94. The maximum absolute atomic E-state index is 13.9. The number of aromatic nitrogens is 2. The summed E-state index contributed by atoms with van der Waals surface area (Å²) in [5, 5.41) is 17.3. The first-order valence-electron chi connectivity index (χ1n) is 7.38. The van der Waals surface area contributed by atoms with E-state index in [1.54, 1.807) is 0 Å². The minimum Gasteiger partial charge on any atom is -0.391 e. The lowest BCUT2D eigenvalue weighted by atomic mass is 10.0. The van der Waals surface area contributed by atoms with Crippen LogP contribution in [0.2, 0.25) is 5.02 Å². The Morgan fingerprint density at radius 3 is 2.96 bits per heavy atom. The molecule has 2 atom stereocenters. The van der Waals surface area contributed by atoms with E-state index in [4.69, 9.17) is 11.6 Å². The van der Waals surface area contributed by atoms with Crippen LogP contribution in [0.25, 0.3) is 0 Å². The van der Waals surface area contributed by atoms with Gasteiger partial charge in [-0.25, -0.2) is 4.39 Å². The lowest BCUT2D eigenvalue weighted by Gasteiger charge is -2.17. The molecule has 3 rings (SSSR count). The van der Waals surface area contributed by atoms with Crippen LogP contribution in [-0.2, 0) is 6.42 Å². The molecule has 0 radical (unpaired) electrons. The van der Waals surface area contributed by atoms with E-state index >= 15 is 0 Å². The summed E-state index contributed by atoms with van der Waals surface area (Å²) in [6.45, 7) is 2.41. The van der Waals surface area contributed by atoms with Gasteiger partial charge in [0.1, 0.15) is 5.82 Å². The second kappa shape index (κ2) is 6.29. The summed E-state index contributed by atoms with van der Waals surface area (Å²) in [5.74, 6) is -1.27. The Morgan fingerprint density at radius 1 is 1.52 bits per heavy atom. The van der Waals surface area contributed by atoms with Crippen LogP contribution >= 0.6 is 11.6 Å². The van der Waals surface area contributed by atoms with Crippen LogP contribution in [0.4, 0.5) is 4.39 Å². The number of nitrogens with one attached hydrogen (secondary N) is 1. The molecule has 2 N–H and O–H groups in total. The first kappa shape index (κ1) is 16.0. The lowest BCUT2D eigenvalue weighted by Crippen LogP contribution is -2.30. The van der Waals surface area contributed by atoms with Crippen molar-refractivity contribution in [3.05, 3.63) is 52.1 Å². The van der Waals surface area contributed by atoms with Gasteiger partial charge in [-0.05, 0) is 31.5 Å². The highest BCUT2D eigenvalue weighted by Gasteiger charge is 2.36. The third-order valence-electron chi connectivity index (χ3n) is 4.10. The van der Waals surface area contributed by atoms with E-state index in [-0.39, 0.29) is 23.0 Å².